The van der Waals surface area contributed by atoms with Crippen molar-refractivity contribution in [1.29, 1.82) is 0 Å². The van der Waals surface area contributed by atoms with E-state index in [1.54, 1.807) is 7.05 Å². The molecular weight excluding hydrogens is 270 g/mol. The van der Waals surface area contributed by atoms with Gasteiger partial charge in [0.15, 0.2) is 5.58 Å². The third-order valence-electron chi connectivity index (χ3n) is 2.69. The molecule has 0 saturated carbocycles. The van der Waals surface area contributed by atoms with Crippen molar-refractivity contribution in [2.75, 3.05) is 0 Å². The van der Waals surface area contributed by atoms with E-state index in [1.807, 2.05) is 30.3 Å². The normalized spacial score (nSPS) is 11.4. The minimum absolute atomic E-state index is 0.110. The van der Waals surface area contributed by atoms with E-state index in [4.69, 9.17) is 4.52 Å². The first kappa shape index (κ1) is 9.66. The van der Waals surface area contributed by atoms with Gasteiger partial charge < -0.3 is 4.52 Å². The molecule has 0 saturated heterocycles. The average Bonchev–Trinajstić information content (AvgIpc) is 2.57. The Balaban J connectivity index is 2.69. The second-order valence-corrected chi connectivity index (χ2v) is 4.53. The van der Waals surface area contributed by atoms with Crippen LogP contribution >= 0.6 is 15.9 Å². The molecule has 0 radical (unpaired) electrons. The third-order valence-corrected chi connectivity index (χ3v) is 3.35. The molecule has 1 heterocycles. The maximum absolute atomic E-state index is 11.8. The lowest BCUT2D eigenvalue weighted by atomic mass is 10.1. The molecule has 4 heteroatoms. The van der Waals surface area contributed by atoms with Crippen LogP contribution in [0.5, 0.6) is 0 Å². The summed E-state index contributed by atoms with van der Waals surface area (Å²) in [6.45, 7) is 0. The van der Waals surface area contributed by atoms with E-state index in [0.29, 0.717) is 11.0 Å². The molecule has 2 aromatic carbocycles. The monoisotopic (exact) mass is 277 g/mol. The number of aryl methyl sites for hydroxylation is 1. The summed E-state index contributed by atoms with van der Waals surface area (Å²) >= 11 is 3.47. The molecule has 0 atom stereocenters. The summed E-state index contributed by atoms with van der Waals surface area (Å²) in [4.78, 5) is 11.8. The van der Waals surface area contributed by atoms with Gasteiger partial charge in [0.05, 0.1) is 5.39 Å². The molecule has 3 aromatic rings. The second kappa shape index (κ2) is 3.22. The highest BCUT2D eigenvalue weighted by molar-refractivity contribution is 9.10. The number of halogens is 1. The lowest BCUT2D eigenvalue weighted by Gasteiger charge is -1.99. The highest BCUT2D eigenvalue weighted by Crippen LogP contribution is 2.30. The van der Waals surface area contributed by atoms with Crippen molar-refractivity contribution in [3.8, 4) is 0 Å². The van der Waals surface area contributed by atoms with Crippen LogP contribution in [0.25, 0.3) is 21.7 Å². The lowest BCUT2D eigenvalue weighted by molar-refractivity contribution is 0.325. The van der Waals surface area contributed by atoms with E-state index in [1.165, 1.54) is 4.74 Å². The van der Waals surface area contributed by atoms with Gasteiger partial charge in [0.25, 0.3) is 5.56 Å². The Morgan fingerprint density at radius 1 is 1.19 bits per heavy atom. The summed E-state index contributed by atoms with van der Waals surface area (Å²) in [5.74, 6) is 0. The van der Waals surface area contributed by atoms with Crippen molar-refractivity contribution in [2.24, 2.45) is 7.05 Å². The van der Waals surface area contributed by atoms with Gasteiger partial charge in [-0.2, -0.15) is 4.74 Å². The van der Waals surface area contributed by atoms with Crippen LogP contribution in [-0.2, 0) is 7.05 Å². The molecule has 0 aliphatic rings. The molecule has 0 aliphatic carbocycles. The summed E-state index contributed by atoms with van der Waals surface area (Å²) in [7, 11) is 1.62. The van der Waals surface area contributed by atoms with E-state index in [2.05, 4.69) is 15.9 Å². The minimum atomic E-state index is -0.110. The molecule has 0 fully saturated rings. The fourth-order valence-electron chi connectivity index (χ4n) is 1.91. The predicted octanol–water partition coefficient (Wildman–Crippen LogP) is 3.05. The van der Waals surface area contributed by atoms with Crippen LogP contribution in [-0.4, -0.2) is 4.74 Å². The molecule has 0 spiro atoms. The highest BCUT2D eigenvalue weighted by Gasteiger charge is 2.12. The SMILES string of the molecule is Cn1oc2c(cc(Br)c3ccccc32)c1=O. The fourth-order valence-corrected chi connectivity index (χ4v) is 2.48. The van der Waals surface area contributed by atoms with Crippen LogP contribution in [0.3, 0.4) is 0 Å². The first-order valence-electron chi connectivity index (χ1n) is 4.86. The average molecular weight is 278 g/mol. The Labute approximate surface area is 99.4 Å². The van der Waals surface area contributed by atoms with E-state index >= 15 is 0 Å². The van der Waals surface area contributed by atoms with Gasteiger partial charge in [-0.05, 0) is 11.5 Å². The number of hydrogen-bond donors (Lipinski definition) is 0. The number of aromatic nitrogens is 1. The smallest absolute Gasteiger partial charge is 0.290 e. The summed E-state index contributed by atoms with van der Waals surface area (Å²) in [5, 5.41) is 2.60. The van der Waals surface area contributed by atoms with Gasteiger partial charge in [0.2, 0.25) is 0 Å². The number of benzene rings is 2. The zero-order valence-corrected chi connectivity index (χ0v) is 10.1. The number of fused-ring (bicyclic) bond motifs is 3. The zero-order chi connectivity index (χ0) is 11.3. The standard InChI is InChI=1S/C12H8BrNO2/c1-14-12(15)9-6-10(13)7-4-2-3-5-8(7)11(9)16-14/h2-6H,1H3. The quantitative estimate of drug-likeness (QED) is 0.633. The van der Waals surface area contributed by atoms with E-state index < -0.39 is 0 Å². The van der Waals surface area contributed by atoms with Gasteiger partial charge in [-0.25, -0.2) is 0 Å². The van der Waals surface area contributed by atoms with Gasteiger partial charge in [-0.3, -0.25) is 4.79 Å². The molecule has 0 unspecified atom stereocenters. The molecule has 80 valence electrons. The maximum atomic E-state index is 11.8. The second-order valence-electron chi connectivity index (χ2n) is 3.67. The molecule has 0 amide bonds. The highest BCUT2D eigenvalue weighted by atomic mass is 79.9. The minimum Gasteiger partial charge on any atom is -0.375 e. The number of rotatable bonds is 0. The molecular formula is C12H8BrNO2. The first-order valence-corrected chi connectivity index (χ1v) is 5.65. The molecule has 0 bridgehead atoms. The maximum Gasteiger partial charge on any atom is 0.290 e. The zero-order valence-electron chi connectivity index (χ0n) is 8.53. The summed E-state index contributed by atoms with van der Waals surface area (Å²) in [6.07, 6.45) is 0. The first-order chi connectivity index (χ1) is 7.68. The van der Waals surface area contributed by atoms with Crippen LogP contribution in [0, 0.1) is 0 Å². The van der Waals surface area contributed by atoms with Gasteiger partial charge in [-0.1, -0.05) is 40.2 Å². The van der Waals surface area contributed by atoms with Gasteiger partial charge in [0.1, 0.15) is 0 Å². The largest absolute Gasteiger partial charge is 0.375 e. The molecule has 3 rings (SSSR count). The Kier molecular flexibility index (Phi) is 1.94. The molecule has 3 nitrogen and oxygen atoms in total. The molecule has 16 heavy (non-hydrogen) atoms. The van der Waals surface area contributed by atoms with Crippen LogP contribution in [0.15, 0.2) is 44.1 Å². The number of hydrogen-bond acceptors (Lipinski definition) is 2. The van der Waals surface area contributed by atoms with E-state index in [-0.39, 0.29) is 5.56 Å². The summed E-state index contributed by atoms with van der Waals surface area (Å²) in [5.41, 5.74) is 0.535. The summed E-state index contributed by atoms with van der Waals surface area (Å²) < 4.78 is 7.62. The number of nitrogens with zero attached hydrogens (tertiary/aromatic N) is 1. The van der Waals surface area contributed by atoms with Crippen molar-refractivity contribution in [3.63, 3.8) is 0 Å². The van der Waals surface area contributed by atoms with Crippen molar-refractivity contribution < 1.29 is 4.52 Å². The van der Waals surface area contributed by atoms with Gasteiger partial charge in [0, 0.05) is 16.9 Å². The van der Waals surface area contributed by atoms with E-state index in [0.717, 1.165) is 15.2 Å². The Morgan fingerprint density at radius 3 is 2.62 bits per heavy atom. The van der Waals surface area contributed by atoms with Gasteiger partial charge >= 0.3 is 0 Å². The Morgan fingerprint density at radius 2 is 1.88 bits per heavy atom. The predicted molar refractivity (Wildman–Crippen MR) is 66.7 cm³/mol. The summed E-state index contributed by atoms with van der Waals surface area (Å²) in [6, 6.07) is 9.64. The fraction of sp³-hybridized carbons (Fsp3) is 0.0833. The van der Waals surface area contributed by atoms with Crippen LogP contribution in [0.2, 0.25) is 0 Å². The van der Waals surface area contributed by atoms with Crippen molar-refractivity contribution in [3.05, 3.63) is 45.2 Å². The Bertz CT molecular complexity index is 755. The van der Waals surface area contributed by atoms with Crippen LogP contribution < -0.4 is 5.56 Å². The molecule has 0 N–H and O–H groups in total. The topological polar surface area (TPSA) is 35.1 Å². The van der Waals surface area contributed by atoms with Crippen LogP contribution in [0.1, 0.15) is 0 Å². The Hall–Kier alpha value is -1.55. The van der Waals surface area contributed by atoms with Gasteiger partial charge in [-0.15, -0.1) is 0 Å². The van der Waals surface area contributed by atoms with Crippen LogP contribution in [0.4, 0.5) is 0 Å². The van der Waals surface area contributed by atoms with Crippen molar-refractivity contribution >= 4 is 37.7 Å². The van der Waals surface area contributed by atoms with Crippen molar-refractivity contribution in [2.45, 2.75) is 0 Å². The lowest BCUT2D eigenvalue weighted by Crippen LogP contribution is -2.08. The third kappa shape index (κ3) is 1.16. The molecule has 1 aromatic heterocycles. The van der Waals surface area contributed by atoms with E-state index in [9.17, 15) is 4.79 Å². The molecule has 0 aliphatic heterocycles. The van der Waals surface area contributed by atoms with Crippen molar-refractivity contribution in [1.82, 2.24) is 4.74 Å².